The molecule has 0 unspecified atom stereocenters. The van der Waals surface area contributed by atoms with Gasteiger partial charge in [-0.2, -0.15) is 4.52 Å². The average Bonchev–Trinajstić information content (AvgIpc) is 3.01. The van der Waals surface area contributed by atoms with Crippen molar-refractivity contribution >= 4 is 17.4 Å². The average molecular weight is 342 g/mol. The van der Waals surface area contributed by atoms with Crippen LogP contribution >= 0.6 is 0 Å². The van der Waals surface area contributed by atoms with Gasteiger partial charge in [0.15, 0.2) is 11.5 Å². The molecule has 0 aliphatic carbocycles. The summed E-state index contributed by atoms with van der Waals surface area (Å²) >= 11 is 0. The van der Waals surface area contributed by atoms with Crippen molar-refractivity contribution < 1.29 is 9.18 Å². The summed E-state index contributed by atoms with van der Waals surface area (Å²) in [4.78, 5) is 12.9. The molecule has 0 saturated heterocycles. The molecule has 0 aliphatic heterocycles. The molecule has 0 radical (unpaired) electrons. The maximum Gasteiger partial charge on any atom is 0.216 e. The van der Waals surface area contributed by atoms with Crippen LogP contribution in [0.5, 0.6) is 0 Å². The molecule has 2 heterocycles. The first-order valence-electron chi connectivity index (χ1n) is 7.99. The normalized spacial score (nSPS) is 10.8. The van der Waals surface area contributed by atoms with Crippen molar-refractivity contribution in [3.63, 3.8) is 0 Å². The number of hydrogen-bond acceptors (Lipinski definition) is 5. The number of rotatable bonds is 6. The standard InChI is InChI=1S/C17H19FN6O/c1-12(25)19-10-5-11-23(2)16-9-8-15-20-21-17(24(15)22-16)13-6-3-4-7-14(13)18/h3-4,6-9H,5,10-11H2,1-2H3,(H,19,25). The molecule has 7 nitrogen and oxygen atoms in total. The monoisotopic (exact) mass is 342 g/mol. The van der Waals surface area contributed by atoms with E-state index in [4.69, 9.17) is 0 Å². The Morgan fingerprint density at radius 2 is 2.04 bits per heavy atom. The molecule has 3 rings (SSSR count). The smallest absolute Gasteiger partial charge is 0.216 e. The third-order valence-corrected chi connectivity index (χ3v) is 3.80. The number of benzene rings is 1. The lowest BCUT2D eigenvalue weighted by Gasteiger charge is -2.18. The van der Waals surface area contributed by atoms with Gasteiger partial charge in [-0.25, -0.2) is 4.39 Å². The molecule has 3 aromatic rings. The van der Waals surface area contributed by atoms with Gasteiger partial charge in [0.25, 0.3) is 0 Å². The number of carbonyl (C=O) groups excluding carboxylic acids is 1. The number of fused-ring (bicyclic) bond motifs is 1. The molecule has 0 aliphatic rings. The Kier molecular flexibility index (Phi) is 4.87. The summed E-state index contributed by atoms with van der Waals surface area (Å²) in [5.41, 5.74) is 0.904. The Bertz CT molecular complexity index is 894. The van der Waals surface area contributed by atoms with Gasteiger partial charge in [0.2, 0.25) is 5.91 Å². The highest BCUT2D eigenvalue weighted by atomic mass is 19.1. The quantitative estimate of drug-likeness (QED) is 0.693. The van der Waals surface area contributed by atoms with Crippen molar-refractivity contribution in [2.75, 3.05) is 25.0 Å². The first kappa shape index (κ1) is 16.8. The number of anilines is 1. The van der Waals surface area contributed by atoms with Gasteiger partial charge < -0.3 is 10.2 Å². The van der Waals surface area contributed by atoms with Crippen LogP contribution < -0.4 is 10.2 Å². The van der Waals surface area contributed by atoms with Crippen molar-refractivity contribution in [3.05, 3.63) is 42.2 Å². The van der Waals surface area contributed by atoms with Crippen molar-refractivity contribution in [2.24, 2.45) is 0 Å². The molecule has 0 saturated carbocycles. The van der Waals surface area contributed by atoms with Gasteiger partial charge in [0.05, 0.1) is 5.56 Å². The van der Waals surface area contributed by atoms with E-state index in [9.17, 15) is 9.18 Å². The number of amides is 1. The summed E-state index contributed by atoms with van der Waals surface area (Å²) in [6, 6.07) is 10.0. The number of aromatic nitrogens is 4. The maximum atomic E-state index is 14.1. The zero-order valence-corrected chi connectivity index (χ0v) is 14.1. The van der Waals surface area contributed by atoms with Crippen LogP contribution in [0.15, 0.2) is 36.4 Å². The molecule has 0 bridgehead atoms. The van der Waals surface area contributed by atoms with E-state index in [1.165, 1.54) is 17.5 Å². The number of nitrogens with one attached hydrogen (secondary N) is 1. The van der Waals surface area contributed by atoms with Gasteiger partial charge in [0, 0.05) is 27.1 Å². The number of nitrogens with zero attached hydrogens (tertiary/aromatic N) is 5. The zero-order valence-electron chi connectivity index (χ0n) is 14.1. The molecule has 1 N–H and O–H groups in total. The highest BCUT2D eigenvalue weighted by molar-refractivity contribution is 5.72. The van der Waals surface area contributed by atoms with Crippen molar-refractivity contribution in [3.8, 4) is 11.4 Å². The van der Waals surface area contributed by atoms with E-state index in [1.807, 2.05) is 18.0 Å². The van der Waals surface area contributed by atoms with E-state index >= 15 is 0 Å². The molecule has 0 spiro atoms. The predicted molar refractivity (Wildman–Crippen MR) is 92.7 cm³/mol. The van der Waals surface area contributed by atoms with Crippen molar-refractivity contribution in [1.29, 1.82) is 0 Å². The lowest BCUT2D eigenvalue weighted by molar-refractivity contribution is -0.118. The van der Waals surface area contributed by atoms with Gasteiger partial charge >= 0.3 is 0 Å². The molecule has 1 aromatic carbocycles. The molecule has 8 heteroatoms. The number of carbonyl (C=O) groups is 1. The largest absolute Gasteiger partial charge is 0.358 e. The van der Waals surface area contributed by atoms with Crippen LogP contribution in [0, 0.1) is 5.82 Å². The van der Waals surface area contributed by atoms with Gasteiger partial charge in [-0.3, -0.25) is 4.79 Å². The molecular weight excluding hydrogens is 323 g/mol. The molecule has 130 valence electrons. The van der Waals surface area contributed by atoms with Gasteiger partial charge in [-0.05, 0) is 30.7 Å². The van der Waals surface area contributed by atoms with E-state index in [0.717, 1.165) is 13.0 Å². The van der Waals surface area contributed by atoms with E-state index in [0.29, 0.717) is 29.4 Å². The zero-order chi connectivity index (χ0) is 17.8. The van der Waals surface area contributed by atoms with Crippen LogP contribution in [-0.4, -0.2) is 45.9 Å². The minimum Gasteiger partial charge on any atom is -0.358 e. The second kappa shape index (κ2) is 7.25. The van der Waals surface area contributed by atoms with Crippen molar-refractivity contribution in [2.45, 2.75) is 13.3 Å². The Balaban J connectivity index is 1.83. The van der Waals surface area contributed by atoms with Gasteiger partial charge in [-0.15, -0.1) is 15.3 Å². The molecular formula is C17H19FN6O. The van der Waals surface area contributed by atoms with E-state index < -0.39 is 0 Å². The maximum absolute atomic E-state index is 14.1. The summed E-state index contributed by atoms with van der Waals surface area (Å²) in [6.07, 6.45) is 0.790. The number of hydrogen-bond donors (Lipinski definition) is 1. The number of halogens is 1. The van der Waals surface area contributed by atoms with Crippen LogP contribution in [0.4, 0.5) is 10.2 Å². The van der Waals surface area contributed by atoms with Crippen molar-refractivity contribution in [1.82, 2.24) is 25.1 Å². The SMILES string of the molecule is CC(=O)NCCCN(C)c1ccc2nnc(-c3ccccc3F)n2n1. The second-order valence-corrected chi connectivity index (χ2v) is 5.72. The van der Waals surface area contributed by atoms with Crippen LogP contribution in [0.3, 0.4) is 0 Å². The van der Waals surface area contributed by atoms with E-state index in [2.05, 4.69) is 20.6 Å². The summed E-state index contributed by atoms with van der Waals surface area (Å²) in [6.45, 7) is 2.82. The first-order valence-corrected chi connectivity index (χ1v) is 7.99. The highest BCUT2D eigenvalue weighted by Gasteiger charge is 2.14. The van der Waals surface area contributed by atoms with Gasteiger partial charge in [0.1, 0.15) is 11.6 Å². The Labute approximate surface area is 144 Å². The summed E-state index contributed by atoms with van der Waals surface area (Å²) < 4.78 is 15.6. The first-order chi connectivity index (χ1) is 12.1. The van der Waals surface area contributed by atoms with E-state index in [-0.39, 0.29) is 11.7 Å². The third-order valence-electron chi connectivity index (χ3n) is 3.80. The van der Waals surface area contributed by atoms with Crippen LogP contribution in [0.1, 0.15) is 13.3 Å². The van der Waals surface area contributed by atoms with Crippen LogP contribution in [-0.2, 0) is 4.79 Å². The fraction of sp³-hybridized carbons (Fsp3) is 0.294. The van der Waals surface area contributed by atoms with Crippen LogP contribution in [0.2, 0.25) is 0 Å². The highest BCUT2D eigenvalue weighted by Crippen LogP contribution is 2.21. The summed E-state index contributed by atoms with van der Waals surface area (Å²) in [7, 11) is 1.91. The molecule has 0 fully saturated rings. The predicted octanol–water partition coefficient (Wildman–Crippen LogP) is 1.89. The third kappa shape index (κ3) is 3.73. The lowest BCUT2D eigenvalue weighted by atomic mass is 10.2. The Morgan fingerprint density at radius 1 is 1.24 bits per heavy atom. The molecule has 1 amide bonds. The second-order valence-electron chi connectivity index (χ2n) is 5.72. The minimum atomic E-state index is -0.368. The molecule has 2 aromatic heterocycles. The molecule has 0 atom stereocenters. The van der Waals surface area contributed by atoms with Gasteiger partial charge in [-0.1, -0.05) is 12.1 Å². The topological polar surface area (TPSA) is 75.4 Å². The van der Waals surface area contributed by atoms with E-state index in [1.54, 1.807) is 24.3 Å². The fourth-order valence-electron chi connectivity index (χ4n) is 2.49. The summed E-state index contributed by atoms with van der Waals surface area (Å²) in [5, 5.41) is 15.4. The molecule has 25 heavy (non-hydrogen) atoms. The lowest BCUT2D eigenvalue weighted by Crippen LogP contribution is -2.27. The Morgan fingerprint density at radius 3 is 2.80 bits per heavy atom. The Hall–Kier alpha value is -3.03. The summed E-state index contributed by atoms with van der Waals surface area (Å²) in [5.74, 6) is 0.670. The minimum absolute atomic E-state index is 0.0405. The fourth-order valence-corrected chi connectivity index (χ4v) is 2.49. The van der Waals surface area contributed by atoms with Crippen LogP contribution in [0.25, 0.3) is 17.0 Å².